The van der Waals surface area contributed by atoms with Gasteiger partial charge in [-0.1, -0.05) is 0 Å². The highest BCUT2D eigenvalue weighted by atomic mass is 19.4. The lowest BCUT2D eigenvalue weighted by Gasteiger charge is -2.36. The van der Waals surface area contributed by atoms with Crippen molar-refractivity contribution in [3.8, 4) is 0 Å². The molecule has 1 aliphatic carbocycles. The molecule has 3 heterocycles. The maximum Gasteiger partial charge on any atom is 0.417 e. The minimum absolute atomic E-state index is 0.0719. The van der Waals surface area contributed by atoms with E-state index in [0.29, 0.717) is 30.2 Å². The van der Waals surface area contributed by atoms with Crippen LogP contribution in [-0.4, -0.2) is 60.7 Å². The number of carbonyl (C=O) groups excluding carboxylic acids is 2. The third kappa shape index (κ3) is 4.51. The van der Waals surface area contributed by atoms with Gasteiger partial charge in [-0.25, -0.2) is 14.2 Å². The van der Waals surface area contributed by atoms with E-state index in [4.69, 9.17) is 4.74 Å². The molecule has 0 N–H and O–H groups in total. The van der Waals surface area contributed by atoms with Crippen molar-refractivity contribution in [2.75, 3.05) is 42.6 Å². The maximum atomic E-state index is 14.8. The number of hydrogen-bond acceptors (Lipinski definition) is 5. The number of benzene rings is 1. The number of hydrogen-bond donors (Lipinski definition) is 0. The Bertz CT molecular complexity index is 1160. The third-order valence-electron chi connectivity index (χ3n) is 6.65. The molecule has 2 aliphatic heterocycles. The van der Waals surface area contributed by atoms with Gasteiger partial charge in [0.2, 0.25) is 0 Å². The summed E-state index contributed by atoms with van der Waals surface area (Å²) in [7, 11) is 0. The van der Waals surface area contributed by atoms with Gasteiger partial charge in [-0.2, -0.15) is 13.2 Å². The van der Waals surface area contributed by atoms with Crippen molar-refractivity contribution < 1.29 is 31.9 Å². The molecule has 0 radical (unpaired) electrons. The van der Waals surface area contributed by atoms with E-state index in [0.717, 1.165) is 25.1 Å². The second kappa shape index (κ2) is 8.69. The molecule has 186 valence electrons. The molecular formula is C24H24F4N4O3. The summed E-state index contributed by atoms with van der Waals surface area (Å²) in [5.74, 6) is -0.617. The Labute approximate surface area is 199 Å². The first-order valence-corrected chi connectivity index (χ1v) is 11.5. The van der Waals surface area contributed by atoms with Gasteiger partial charge in [0.1, 0.15) is 18.2 Å². The Hall–Kier alpha value is -3.37. The molecule has 2 aromatic rings. The summed E-state index contributed by atoms with van der Waals surface area (Å²) < 4.78 is 59.3. The zero-order valence-corrected chi connectivity index (χ0v) is 19.0. The van der Waals surface area contributed by atoms with Crippen LogP contribution in [0.4, 0.5) is 33.9 Å². The number of ether oxygens (including phenoxy) is 1. The summed E-state index contributed by atoms with van der Waals surface area (Å²) in [4.78, 5) is 33.7. The van der Waals surface area contributed by atoms with Crippen molar-refractivity contribution in [2.24, 2.45) is 0 Å². The van der Waals surface area contributed by atoms with Gasteiger partial charge < -0.3 is 14.5 Å². The molecule has 2 amide bonds. The molecule has 3 fully saturated rings. The van der Waals surface area contributed by atoms with Crippen molar-refractivity contribution in [1.82, 2.24) is 9.88 Å². The predicted octanol–water partition coefficient (Wildman–Crippen LogP) is 4.42. The quantitative estimate of drug-likeness (QED) is 0.591. The first-order valence-electron chi connectivity index (χ1n) is 11.5. The molecule has 11 heteroatoms. The van der Waals surface area contributed by atoms with Crippen LogP contribution in [0.15, 0.2) is 30.5 Å². The molecule has 3 aliphatic rings. The lowest BCUT2D eigenvalue weighted by molar-refractivity contribution is -0.137. The van der Waals surface area contributed by atoms with Crippen LogP contribution in [0, 0.1) is 5.82 Å². The van der Waals surface area contributed by atoms with Crippen molar-refractivity contribution >= 4 is 23.5 Å². The molecule has 35 heavy (non-hydrogen) atoms. The Kier molecular flexibility index (Phi) is 5.80. The normalized spacial score (nSPS) is 20.9. The van der Waals surface area contributed by atoms with Crippen LogP contribution in [0.3, 0.4) is 0 Å². The van der Waals surface area contributed by atoms with Crippen molar-refractivity contribution in [1.29, 1.82) is 0 Å². The van der Waals surface area contributed by atoms with Crippen LogP contribution in [0.1, 0.15) is 47.2 Å². The van der Waals surface area contributed by atoms with Crippen LogP contribution in [-0.2, 0) is 10.9 Å². The average molecular weight is 492 g/mol. The molecule has 1 aromatic heterocycles. The molecule has 2 saturated heterocycles. The standard InChI is InChI=1S/C24H24F4N4O3/c1-14-13-35-23(34)32(14)17-4-5-18(20(25)11-17)22(33)31-8-6-30(7-9-31)21-19(15-2-3-15)10-16(12-29-21)24(26,27)28/h4-5,10-12,14-15H,2-3,6-9,13H2,1H3/t14-/m1/s1. The zero-order chi connectivity index (χ0) is 24.9. The van der Waals surface area contributed by atoms with E-state index in [-0.39, 0.29) is 37.2 Å². The number of cyclic esters (lactones) is 1. The second-order valence-corrected chi connectivity index (χ2v) is 9.15. The molecule has 1 aromatic carbocycles. The maximum absolute atomic E-state index is 14.8. The number of rotatable bonds is 4. The number of carbonyl (C=O) groups is 2. The van der Waals surface area contributed by atoms with E-state index in [2.05, 4.69) is 4.98 Å². The number of piperazine rings is 1. The van der Waals surface area contributed by atoms with Gasteiger partial charge in [0, 0.05) is 32.4 Å². The molecule has 0 unspecified atom stereocenters. The number of aromatic nitrogens is 1. The monoisotopic (exact) mass is 492 g/mol. The van der Waals surface area contributed by atoms with Crippen LogP contribution in [0.5, 0.6) is 0 Å². The Morgan fingerprint density at radius 3 is 2.40 bits per heavy atom. The van der Waals surface area contributed by atoms with Crippen LogP contribution in [0.25, 0.3) is 0 Å². The average Bonchev–Trinajstić information content (AvgIpc) is 3.62. The van der Waals surface area contributed by atoms with Crippen LogP contribution < -0.4 is 9.80 Å². The molecule has 7 nitrogen and oxygen atoms in total. The van der Waals surface area contributed by atoms with Crippen LogP contribution >= 0.6 is 0 Å². The SMILES string of the molecule is C[C@@H]1COC(=O)N1c1ccc(C(=O)N2CCN(c3ncc(C(F)(F)F)cc3C3CC3)CC2)c(F)c1. The van der Waals surface area contributed by atoms with Crippen molar-refractivity contribution in [2.45, 2.75) is 37.9 Å². The summed E-state index contributed by atoms with van der Waals surface area (Å²) in [5, 5.41) is 0. The van der Waals surface area contributed by atoms with E-state index in [1.54, 1.807) is 6.92 Å². The van der Waals surface area contributed by atoms with Gasteiger partial charge in [-0.15, -0.1) is 0 Å². The topological polar surface area (TPSA) is 66.0 Å². The van der Waals surface area contributed by atoms with Crippen molar-refractivity contribution in [3.05, 3.63) is 53.0 Å². The Balaban J connectivity index is 1.28. The first kappa shape index (κ1) is 23.4. The summed E-state index contributed by atoms with van der Waals surface area (Å²) in [6.45, 7) is 3.30. The minimum Gasteiger partial charge on any atom is -0.447 e. The third-order valence-corrected chi connectivity index (χ3v) is 6.65. The first-order chi connectivity index (χ1) is 16.6. The summed E-state index contributed by atoms with van der Waals surface area (Å²) >= 11 is 0. The fourth-order valence-electron chi connectivity index (χ4n) is 4.58. The number of halogens is 4. The predicted molar refractivity (Wildman–Crippen MR) is 119 cm³/mol. The van der Waals surface area contributed by atoms with Crippen LogP contribution in [0.2, 0.25) is 0 Å². The van der Waals surface area contributed by atoms with E-state index < -0.39 is 29.6 Å². The van der Waals surface area contributed by atoms with E-state index in [9.17, 15) is 27.2 Å². The smallest absolute Gasteiger partial charge is 0.417 e. The lowest BCUT2D eigenvalue weighted by atomic mass is 10.1. The van der Waals surface area contributed by atoms with E-state index >= 15 is 0 Å². The van der Waals surface area contributed by atoms with Gasteiger partial charge in [0.25, 0.3) is 5.91 Å². The fourth-order valence-corrected chi connectivity index (χ4v) is 4.58. The van der Waals surface area contributed by atoms with Gasteiger partial charge in [-0.3, -0.25) is 9.69 Å². The Morgan fingerprint density at radius 2 is 1.83 bits per heavy atom. The number of nitrogens with zero attached hydrogens (tertiary/aromatic N) is 4. The molecule has 5 rings (SSSR count). The lowest BCUT2D eigenvalue weighted by Crippen LogP contribution is -2.49. The van der Waals surface area contributed by atoms with Gasteiger partial charge in [0.05, 0.1) is 22.9 Å². The molecule has 1 atom stereocenters. The van der Waals surface area contributed by atoms with E-state index in [1.165, 1.54) is 28.0 Å². The highest BCUT2D eigenvalue weighted by Crippen LogP contribution is 2.45. The Morgan fingerprint density at radius 1 is 1.11 bits per heavy atom. The minimum atomic E-state index is -4.45. The molecule has 0 spiro atoms. The second-order valence-electron chi connectivity index (χ2n) is 9.15. The highest BCUT2D eigenvalue weighted by molar-refractivity contribution is 5.96. The zero-order valence-electron chi connectivity index (χ0n) is 19.0. The van der Waals surface area contributed by atoms with Gasteiger partial charge in [-0.05, 0) is 55.5 Å². The number of anilines is 2. The van der Waals surface area contributed by atoms with E-state index in [1.807, 2.05) is 4.90 Å². The molecular weight excluding hydrogens is 468 g/mol. The molecule has 1 saturated carbocycles. The fraction of sp³-hybridized carbons (Fsp3) is 0.458. The number of pyridine rings is 1. The van der Waals surface area contributed by atoms with Crippen molar-refractivity contribution in [3.63, 3.8) is 0 Å². The summed E-state index contributed by atoms with van der Waals surface area (Å²) in [5.41, 5.74) is 0.0527. The summed E-state index contributed by atoms with van der Waals surface area (Å²) in [6, 6.07) is 4.98. The number of alkyl halides is 3. The summed E-state index contributed by atoms with van der Waals surface area (Å²) in [6.07, 6.45) is -2.50. The van der Waals surface area contributed by atoms with Gasteiger partial charge in [0.15, 0.2) is 0 Å². The highest BCUT2D eigenvalue weighted by Gasteiger charge is 2.37. The largest absolute Gasteiger partial charge is 0.447 e. The molecule has 0 bridgehead atoms. The van der Waals surface area contributed by atoms with Gasteiger partial charge >= 0.3 is 12.3 Å². The number of amides is 2.